The van der Waals surface area contributed by atoms with Crippen LogP contribution in [0.1, 0.15) is 6.42 Å². The summed E-state index contributed by atoms with van der Waals surface area (Å²) in [6.45, 7) is 1.70. The van der Waals surface area contributed by atoms with Crippen LogP contribution >= 0.6 is 0 Å². The molecule has 0 aromatic heterocycles. The van der Waals surface area contributed by atoms with Gasteiger partial charge in [-0.25, -0.2) is 8.42 Å². The minimum Gasteiger partial charge on any atom is -0.396 e. The van der Waals surface area contributed by atoms with Crippen molar-refractivity contribution in [1.82, 2.24) is 9.21 Å². The van der Waals surface area contributed by atoms with Crippen molar-refractivity contribution in [3.63, 3.8) is 0 Å². The molecule has 0 aliphatic carbocycles. The summed E-state index contributed by atoms with van der Waals surface area (Å²) in [4.78, 5) is 2.44. The molecule has 1 aliphatic rings. The van der Waals surface area contributed by atoms with Gasteiger partial charge in [-0.1, -0.05) is 18.2 Å². The highest BCUT2D eigenvalue weighted by Crippen LogP contribution is 2.20. The van der Waals surface area contributed by atoms with E-state index >= 15 is 0 Å². The van der Waals surface area contributed by atoms with Gasteiger partial charge in [0, 0.05) is 32.3 Å². The maximum Gasteiger partial charge on any atom is 0.243 e. The summed E-state index contributed by atoms with van der Waals surface area (Å²) in [6, 6.07) is 8.58. The van der Waals surface area contributed by atoms with E-state index in [1.165, 1.54) is 4.31 Å². The van der Waals surface area contributed by atoms with Gasteiger partial charge in [0.2, 0.25) is 10.0 Å². The Bertz CT molecular complexity index is 504. The predicted molar refractivity (Wildman–Crippen MR) is 73.3 cm³/mol. The van der Waals surface area contributed by atoms with Crippen molar-refractivity contribution in [3.05, 3.63) is 30.3 Å². The van der Waals surface area contributed by atoms with E-state index in [9.17, 15) is 8.42 Å². The molecule has 1 aromatic rings. The second kappa shape index (κ2) is 6.00. The minimum atomic E-state index is -3.41. The van der Waals surface area contributed by atoms with Crippen molar-refractivity contribution >= 4 is 10.0 Å². The standard InChI is InChI=1S/C13H20N2O3S/c1-14-8-9-15(11-12(14)7-10-16)19(17,18)13-5-3-2-4-6-13/h2-6,12,16H,7-11H2,1H3. The highest BCUT2D eigenvalue weighted by atomic mass is 32.2. The number of aliphatic hydroxyl groups excluding tert-OH is 1. The van der Waals surface area contributed by atoms with Crippen molar-refractivity contribution in [1.29, 1.82) is 0 Å². The lowest BCUT2D eigenvalue weighted by atomic mass is 10.1. The van der Waals surface area contributed by atoms with Crippen LogP contribution in [0.2, 0.25) is 0 Å². The van der Waals surface area contributed by atoms with Crippen LogP contribution in [0, 0.1) is 0 Å². The van der Waals surface area contributed by atoms with Gasteiger partial charge in [-0.05, 0) is 25.6 Å². The summed E-state index contributed by atoms with van der Waals surface area (Å²) < 4.78 is 26.5. The highest BCUT2D eigenvalue weighted by Gasteiger charge is 2.32. The van der Waals surface area contributed by atoms with Gasteiger partial charge in [-0.15, -0.1) is 0 Å². The van der Waals surface area contributed by atoms with Gasteiger partial charge in [0.05, 0.1) is 4.90 Å². The van der Waals surface area contributed by atoms with Crippen LogP contribution in [0.15, 0.2) is 35.2 Å². The Morgan fingerprint density at radius 1 is 1.26 bits per heavy atom. The Labute approximate surface area is 114 Å². The first-order valence-corrected chi connectivity index (χ1v) is 7.86. The van der Waals surface area contributed by atoms with Crippen molar-refractivity contribution in [2.75, 3.05) is 33.3 Å². The number of hydrogen-bond donors (Lipinski definition) is 1. The molecule has 6 heteroatoms. The maximum atomic E-state index is 12.5. The Morgan fingerprint density at radius 3 is 2.58 bits per heavy atom. The lowest BCUT2D eigenvalue weighted by Gasteiger charge is -2.38. The molecule has 19 heavy (non-hydrogen) atoms. The third kappa shape index (κ3) is 3.14. The number of piperazine rings is 1. The smallest absolute Gasteiger partial charge is 0.243 e. The summed E-state index contributed by atoms with van der Waals surface area (Å²) in [5.41, 5.74) is 0. The first-order chi connectivity index (χ1) is 9.05. The average Bonchev–Trinajstić information content (AvgIpc) is 2.42. The molecule has 106 valence electrons. The van der Waals surface area contributed by atoms with Crippen LogP contribution in [0.3, 0.4) is 0 Å². The molecule has 0 bridgehead atoms. The fourth-order valence-electron chi connectivity index (χ4n) is 2.34. The molecule has 2 rings (SSSR count). The van der Waals surface area contributed by atoms with E-state index in [1.807, 2.05) is 7.05 Å². The second-order valence-corrected chi connectivity index (χ2v) is 6.76. The van der Waals surface area contributed by atoms with E-state index in [4.69, 9.17) is 5.11 Å². The predicted octanol–water partition coefficient (Wildman–Crippen LogP) is 0.374. The average molecular weight is 284 g/mol. The highest BCUT2D eigenvalue weighted by molar-refractivity contribution is 7.89. The molecule has 1 fully saturated rings. The van der Waals surface area contributed by atoms with Crippen molar-refractivity contribution in [3.8, 4) is 0 Å². The van der Waals surface area contributed by atoms with E-state index in [-0.39, 0.29) is 12.6 Å². The zero-order valence-electron chi connectivity index (χ0n) is 11.1. The lowest BCUT2D eigenvalue weighted by Crippen LogP contribution is -2.53. The molecule has 0 spiro atoms. The first kappa shape index (κ1) is 14.5. The molecule has 1 unspecified atom stereocenters. The van der Waals surface area contributed by atoms with E-state index in [0.717, 1.165) is 0 Å². The third-order valence-corrected chi connectivity index (χ3v) is 5.46. The first-order valence-electron chi connectivity index (χ1n) is 6.42. The summed E-state index contributed by atoms with van der Waals surface area (Å²) in [7, 11) is -1.45. The third-order valence-electron chi connectivity index (χ3n) is 3.58. The van der Waals surface area contributed by atoms with Crippen LogP contribution < -0.4 is 0 Å². The van der Waals surface area contributed by atoms with Gasteiger partial charge in [0.25, 0.3) is 0 Å². The molecule has 5 nitrogen and oxygen atoms in total. The number of sulfonamides is 1. The van der Waals surface area contributed by atoms with Gasteiger partial charge in [0.1, 0.15) is 0 Å². The quantitative estimate of drug-likeness (QED) is 0.868. The summed E-state index contributed by atoms with van der Waals surface area (Å²) in [6.07, 6.45) is 0.595. The monoisotopic (exact) mass is 284 g/mol. The number of likely N-dealkylation sites (N-methyl/N-ethyl adjacent to an activating group) is 1. The van der Waals surface area contributed by atoms with Gasteiger partial charge >= 0.3 is 0 Å². The molecule has 1 aliphatic heterocycles. The Hall–Kier alpha value is -0.950. The SMILES string of the molecule is CN1CCN(S(=O)(=O)c2ccccc2)CC1CCO. The summed E-state index contributed by atoms with van der Waals surface area (Å²) in [5, 5.41) is 9.05. The number of rotatable bonds is 4. The number of aliphatic hydroxyl groups is 1. The molecule has 1 saturated heterocycles. The van der Waals surface area contributed by atoms with Crippen LogP contribution in [-0.2, 0) is 10.0 Å². The lowest BCUT2D eigenvalue weighted by molar-refractivity contribution is 0.120. The number of hydrogen-bond acceptors (Lipinski definition) is 4. The molecule has 1 aromatic carbocycles. The second-order valence-electron chi connectivity index (χ2n) is 4.82. The molecule has 1 heterocycles. The van der Waals surface area contributed by atoms with Gasteiger partial charge < -0.3 is 10.0 Å². The van der Waals surface area contributed by atoms with Crippen molar-refractivity contribution in [2.45, 2.75) is 17.4 Å². The summed E-state index contributed by atoms with van der Waals surface area (Å²) in [5.74, 6) is 0. The van der Waals surface area contributed by atoms with E-state index in [0.29, 0.717) is 31.0 Å². The van der Waals surface area contributed by atoms with E-state index in [1.54, 1.807) is 30.3 Å². The van der Waals surface area contributed by atoms with Crippen molar-refractivity contribution in [2.24, 2.45) is 0 Å². The van der Waals surface area contributed by atoms with E-state index < -0.39 is 10.0 Å². The molecule has 1 N–H and O–H groups in total. The topological polar surface area (TPSA) is 60.9 Å². The largest absolute Gasteiger partial charge is 0.396 e. The molecule has 0 amide bonds. The fraction of sp³-hybridized carbons (Fsp3) is 0.538. The van der Waals surface area contributed by atoms with Gasteiger partial charge in [-0.3, -0.25) is 0 Å². The van der Waals surface area contributed by atoms with Crippen LogP contribution in [0.5, 0.6) is 0 Å². The molecule has 0 saturated carbocycles. The van der Waals surface area contributed by atoms with Gasteiger partial charge in [-0.2, -0.15) is 4.31 Å². The van der Waals surface area contributed by atoms with E-state index in [2.05, 4.69) is 4.90 Å². The molecular weight excluding hydrogens is 264 g/mol. The van der Waals surface area contributed by atoms with Gasteiger partial charge in [0.15, 0.2) is 0 Å². The molecular formula is C13H20N2O3S. The zero-order valence-corrected chi connectivity index (χ0v) is 11.9. The number of benzene rings is 1. The summed E-state index contributed by atoms with van der Waals surface area (Å²) >= 11 is 0. The Morgan fingerprint density at radius 2 is 1.95 bits per heavy atom. The van der Waals surface area contributed by atoms with Crippen LogP contribution in [0.25, 0.3) is 0 Å². The molecule has 1 atom stereocenters. The van der Waals surface area contributed by atoms with Crippen LogP contribution in [0.4, 0.5) is 0 Å². The minimum absolute atomic E-state index is 0.0776. The normalized spacial score (nSPS) is 22.5. The Kier molecular flexibility index (Phi) is 4.57. The fourth-order valence-corrected chi connectivity index (χ4v) is 3.83. The maximum absolute atomic E-state index is 12.5. The Balaban J connectivity index is 2.18. The molecule has 0 radical (unpaired) electrons. The van der Waals surface area contributed by atoms with Crippen molar-refractivity contribution < 1.29 is 13.5 Å². The van der Waals surface area contributed by atoms with Crippen LogP contribution in [-0.4, -0.2) is 62.1 Å². The number of nitrogens with zero attached hydrogens (tertiary/aromatic N) is 2. The zero-order chi connectivity index (χ0) is 13.9.